The van der Waals surface area contributed by atoms with E-state index in [0.717, 1.165) is 17.6 Å². The van der Waals surface area contributed by atoms with E-state index in [0.29, 0.717) is 0 Å². The number of quaternary nitrogens is 1. The van der Waals surface area contributed by atoms with Gasteiger partial charge in [0.05, 0.1) is 7.05 Å². The normalized spacial score (nSPS) is 14.2. The topological polar surface area (TPSA) is 0 Å². The van der Waals surface area contributed by atoms with E-state index in [9.17, 15) is 25.2 Å². The van der Waals surface area contributed by atoms with Gasteiger partial charge >= 0.3 is 33.0 Å². The molecule has 0 aliphatic carbocycles. The zero-order valence-electron chi connectivity index (χ0n) is 15.7. The number of rotatable bonds is 5. The van der Waals surface area contributed by atoms with E-state index >= 15 is 0 Å². The Morgan fingerprint density at radius 1 is 0.552 bits per heavy atom. The van der Waals surface area contributed by atoms with Gasteiger partial charge in [0.15, 0.2) is 0 Å². The first kappa shape index (κ1) is 22.9. The van der Waals surface area contributed by atoms with Gasteiger partial charge < -0.3 is 0 Å². The predicted octanol–water partition coefficient (Wildman–Crippen LogP) is 8.41. The van der Waals surface area contributed by atoms with Crippen molar-refractivity contribution in [2.75, 3.05) is 7.05 Å². The summed E-state index contributed by atoms with van der Waals surface area (Å²) in [6.45, 7) is 1.97. The summed E-state index contributed by atoms with van der Waals surface area (Å²) < 4.78 is 60.1. The van der Waals surface area contributed by atoms with E-state index in [1.807, 2.05) is 0 Å². The molecule has 0 heterocycles. The van der Waals surface area contributed by atoms with Crippen LogP contribution in [0.2, 0.25) is 0 Å². The van der Waals surface area contributed by atoms with Crippen LogP contribution in [-0.4, -0.2) is 7.05 Å². The van der Waals surface area contributed by atoms with Crippen molar-refractivity contribution in [2.45, 2.75) is 13.1 Å². The maximum absolute atomic E-state index is 10.7. The van der Waals surface area contributed by atoms with Crippen molar-refractivity contribution < 1.29 is 25.2 Å². The standard InChI is InChI=1S/C21H22N.F6P/c1-22(21-15-9-4-10-16-21,17-19-11-5-2-6-12-19)18-20-13-7-3-8-14-20;1-7(2,3,4,5)6/h2-16H,17-18H2,1H3;/q+1;-1. The Kier molecular flexibility index (Phi) is 6.17. The first-order valence-electron chi connectivity index (χ1n) is 8.76. The molecule has 0 aliphatic heterocycles. The van der Waals surface area contributed by atoms with Crippen LogP contribution in [0, 0.1) is 0 Å². The van der Waals surface area contributed by atoms with E-state index in [-0.39, 0.29) is 0 Å². The predicted molar refractivity (Wildman–Crippen MR) is 108 cm³/mol. The van der Waals surface area contributed by atoms with Crippen molar-refractivity contribution in [3.63, 3.8) is 0 Å². The summed E-state index contributed by atoms with van der Waals surface area (Å²) >= 11 is 0. The van der Waals surface area contributed by atoms with Gasteiger partial charge in [0.1, 0.15) is 18.8 Å². The van der Waals surface area contributed by atoms with Crippen LogP contribution in [-0.2, 0) is 13.1 Å². The van der Waals surface area contributed by atoms with Gasteiger partial charge in [-0.1, -0.05) is 78.9 Å². The van der Waals surface area contributed by atoms with Crippen molar-refractivity contribution in [3.8, 4) is 0 Å². The molecule has 3 aromatic carbocycles. The van der Waals surface area contributed by atoms with Gasteiger partial charge in [0, 0.05) is 11.1 Å². The molecular weight excluding hydrogens is 411 g/mol. The molecule has 0 fully saturated rings. The average molecular weight is 433 g/mol. The zero-order chi connectivity index (χ0) is 21.7. The molecule has 0 aromatic heterocycles. The van der Waals surface area contributed by atoms with Crippen LogP contribution in [0.1, 0.15) is 11.1 Å². The van der Waals surface area contributed by atoms with Gasteiger partial charge in [-0.05, 0) is 12.1 Å². The molecule has 0 unspecified atom stereocenters. The molecule has 8 heteroatoms. The van der Waals surface area contributed by atoms with Crippen LogP contribution in [0.4, 0.5) is 30.9 Å². The van der Waals surface area contributed by atoms with Crippen LogP contribution >= 0.6 is 7.81 Å². The molecule has 0 atom stereocenters. The summed E-state index contributed by atoms with van der Waals surface area (Å²) in [6, 6.07) is 32.3. The van der Waals surface area contributed by atoms with Crippen LogP contribution in [0.3, 0.4) is 0 Å². The molecular formula is C21H22F6NP. The molecule has 1 nitrogen and oxygen atoms in total. The SMILES string of the molecule is C[N+](Cc1ccccc1)(Cc1ccccc1)c1ccccc1.F[P-](F)(F)(F)(F)F. The number of para-hydroxylation sites is 1. The van der Waals surface area contributed by atoms with Gasteiger partial charge in [0.25, 0.3) is 0 Å². The molecule has 29 heavy (non-hydrogen) atoms. The van der Waals surface area contributed by atoms with E-state index in [1.54, 1.807) is 0 Å². The molecule has 3 aromatic rings. The van der Waals surface area contributed by atoms with Crippen molar-refractivity contribution >= 4 is 13.5 Å². The molecule has 0 N–H and O–H groups in total. The van der Waals surface area contributed by atoms with Crippen LogP contribution < -0.4 is 4.48 Å². The fraction of sp³-hybridized carbons (Fsp3) is 0.143. The minimum atomic E-state index is -10.7. The zero-order valence-corrected chi connectivity index (χ0v) is 16.6. The number of benzene rings is 3. The molecule has 3 rings (SSSR count). The van der Waals surface area contributed by atoms with Crippen molar-refractivity contribution in [3.05, 3.63) is 102 Å². The minimum absolute atomic E-state index is 0.870. The Morgan fingerprint density at radius 2 is 0.828 bits per heavy atom. The number of hydrogen-bond acceptors (Lipinski definition) is 0. The Labute approximate surface area is 166 Å². The number of nitrogens with zero attached hydrogens (tertiary/aromatic N) is 1. The van der Waals surface area contributed by atoms with E-state index in [1.165, 1.54) is 16.8 Å². The molecule has 0 bridgehead atoms. The van der Waals surface area contributed by atoms with Crippen molar-refractivity contribution in [1.29, 1.82) is 0 Å². The van der Waals surface area contributed by atoms with Gasteiger partial charge in [-0.25, -0.2) is 0 Å². The summed E-state index contributed by atoms with van der Waals surface area (Å²) in [6.07, 6.45) is 0. The number of hydrogen-bond donors (Lipinski definition) is 0. The van der Waals surface area contributed by atoms with E-state index < -0.39 is 7.81 Å². The average Bonchev–Trinajstić information content (AvgIpc) is 2.61. The fourth-order valence-corrected chi connectivity index (χ4v) is 3.00. The Hall–Kier alpha value is -2.37. The van der Waals surface area contributed by atoms with Crippen LogP contribution in [0.25, 0.3) is 0 Å². The molecule has 0 spiro atoms. The third-order valence-electron chi connectivity index (χ3n) is 4.13. The first-order chi connectivity index (χ1) is 13.2. The van der Waals surface area contributed by atoms with Crippen LogP contribution in [0.5, 0.6) is 0 Å². The van der Waals surface area contributed by atoms with Gasteiger partial charge in [-0.15, -0.1) is 0 Å². The van der Waals surface area contributed by atoms with Crippen molar-refractivity contribution in [2.24, 2.45) is 0 Å². The Bertz CT molecular complexity index is 845. The second-order valence-corrected chi connectivity index (χ2v) is 8.89. The number of halogens is 6. The van der Waals surface area contributed by atoms with Gasteiger partial charge in [-0.3, -0.25) is 4.48 Å². The summed E-state index contributed by atoms with van der Waals surface area (Å²) in [4.78, 5) is 0. The molecule has 0 radical (unpaired) electrons. The van der Waals surface area contributed by atoms with E-state index in [2.05, 4.69) is 98.0 Å². The first-order valence-corrected chi connectivity index (χ1v) is 10.8. The third-order valence-corrected chi connectivity index (χ3v) is 4.13. The summed E-state index contributed by atoms with van der Waals surface area (Å²) in [5.74, 6) is 0. The monoisotopic (exact) mass is 433 g/mol. The van der Waals surface area contributed by atoms with Gasteiger partial charge in [0.2, 0.25) is 0 Å². The molecule has 0 saturated heterocycles. The summed E-state index contributed by atoms with van der Waals surface area (Å²) in [7, 11) is -8.34. The molecule has 0 aliphatic rings. The molecule has 0 saturated carbocycles. The maximum atomic E-state index is 9.87. The Morgan fingerprint density at radius 3 is 1.14 bits per heavy atom. The van der Waals surface area contributed by atoms with E-state index in [4.69, 9.17) is 0 Å². The Balaban J connectivity index is 0.000000370. The van der Waals surface area contributed by atoms with Crippen LogP contribution in [0.15, 0.2) is 91.0 Å². The fourth-order valence-electron chi connectivity index (χ4n) is 3.00. The van der Waals surface area contributed by atoms with Crippen molar-refractivity contribution in [1.82, 2.24) is 4.48 Å². The molecule has 158 valence electrons. The van der Waals surface area contributed by atoms with Gasteiger partial charge in [-0.2, -0.15) is 0 Å². The third kappa shape index (κ3) is 10.1. The molecule has 0 amide bonds. The second kappa shape index (κ2) is 7.81. The summed E-state index contributed by atoms with van der Waals surface area (Å²) in [5, 5.41) is 0. The summed E-state index contributed by atoms with van der Waals surface area (Å²) in [5.41, 5.74) is 4.07. The second-order valence-electron chi connectivity index (χ2n) is 6.98. The quantitative estimate of drug-likeness (QED) is 0.215.